The third kappa shape index (κ3) is 3.06. The summed E-state index contributed by atoms with van der Waals surface area (Å²) in [6.45, 7) is 3.77. The van der Waals surface area contributed by atoms with Crippen LogP contribution in [0.5, 0.6) is 0 Å². The van der Waals surface area contributed by atoms with Crippen molar-refractivity contribution in [3.8, 4) is 0 Å². The van der Waals surface area contributed by atoms with E-state index in [0.717, 1.165) is 0 Å². The van der Waals surface area contributed by atoms with Crippen LogP contribution in [0.2, 0.25) is 0 Å². The Bertz CT molecular complexity index is 929. The van der Waals surface area contributed by atoms with E-state index in [0.29, 0.717) is 27.8 Å². The zero-order chi connectivity index (χ0) is 18.1. The Labute approximate surface area is 144 Å². The lowest BCUT2D eigenvalue weighted by molar-refractivity contribution is -0.385. The van der Waals surface area contributed by atoms with Crippen LogP contribution in [0.1, 0.15) is 46.8 Å². The van der Waals surface area contributed by atoms with Crippen molar-refractivity contribution in [3.63, 3.8) is 0 Å². The first-order chi connectivity index (χ1) is 11.9. The third-order valence-corrected chi connectivity index (χ3v) is 4.12. The summed E-state index contributed by atoms with van der Waals surface area (Å²) in [6, 6.07) is 11.7. The summed E-state index contributed by atoms with van der Waals surface area (Å²) in [5, 5.41) is 13.6. The van der Waals surface area contributed by atoms with E-state index < -0.39 is 16.7 Å². The molecule has 2 aromatic rings. The van der Waals surface area contributed by atoms with Crippen LogP contribution in [-0.2, 0) is 4.79 Å². The molecule has 0 radical (unpaired) electrons. The molecule has 1 aliphatic heterocycles. The van der Waals surface area contributed by atoms with E-state index in [-0.39, 0.29) is 11.6 Å². The molecule has 2 aromatic carbocycles. The summed E-state index contributed by atoms with van der Waals surface area (Å²) in [5.41, 5.74) is 2.42. The fraction of sp³-hybridized carbons (Fsp3) is 0.158. The Morgan fingerprint density at radius 1 is 1.04 bits per heavy atom. The highest BCUT2D eigenvalue weighted by molar-refractivity contribution is 6.33. The maximum Gasteiger partial charge on any atom is 0.273 e. The molecule has 2 amide bonds. The molecule has 126 valence electrons. The Kier molecular flexibility index (Phi) is 4.19. The number of amides is 2. The smallest absolute Gasteiger partial charge is 0.273 e. The number of carbonyl (C=O) groups excluding carboxylic acids is 2. The number of nitro benzene ring substituents is 1. The highest BCUT2D eigenvalue weighted by Gasteiger charge is 2.27. The number of imide groups is 1. The van der Waals surface area contributed by atoms with Gasteiger partial charge in [0.05, 0.1) is 4.92 Å². The van der Waals surface area contributed by atoms with Crippen LogP contribution in [0.3, 0.4) is 0 Å². The zero-order valence-electron chi connectivity index (χ0n) is 13.8. The van der Waals surface area contributed by atoms with Gasteiger partial charge in [0.1, 0.15) is 0 Å². The molecule has 6 heteroatoms. The van der Waals surface area contributed by atoms with Crippen LogP contribution < -0.4 is 5.32 Å². The monoisotopic (exact) mass is 336 g/mol. The van der Waals surface area contributed by atoms with Crippen molar-refractivity contribution in [1.29, 1.82) is 0 Å². The number of carbonyl (C=O) groups is 2. The molecule has 1 N–H and O–H groups in total. The number of nitrogens with zero attached hydrogens (tertiary/aromatic N) is 1. The second-order valence-corrected chi connectivity index (χ2v) is 6.12. The van der Waals surface area contributed by atoms with Gasteiger partial charge < -0.3 is 0 Å². The summed E-state index contributed by atoms with van der Waals surface area (Å²) in [7, 11) is 0. The minimum atomic E-state index is -0.515. The van der Waals surface area contributed by atoms with Gasteiger partial charge in [-0.05, 0) is 29.2 Å². The van der Waals surface area contributed by atoms with E-state index in [9.17, 15) is 19.7 Å². The molecule has 0 atom stereocenters. The standard InChI is InChI=1S/C19H16N2O4/c1-11(2)13-8-7-12(10-17(13)21(24)25)9-16-14-5-3-4-6-15(14)18(22)20-19(16)23/h3-11H,1-2H3,(H,20,22,23)/b16-9+. The van der Waals surface area contributed by atoms with E-state index in [1.54, 1.807) is 42.5 Å². The van der Waals surface area contributed by atoms with Gasteiger partial charge in [0, 0.05) is 22.8 Å². The molecule has 1 aliphatic rings. The zero-order valence-corrected chi connectivity index (χ0v) is 13.8. The fourth-order valence-electron chi connectivity index (χ4n) is 2.88. The van der Waals surface area contributed by atoms with E-state index in [1.807, 2.05) is 13.8 Å². The minimum Gasteiger partial charge on any atom is -0.288 e. The summed E-state index contributed by atoms with van der Waals surface area (Å²) >= 11 is 0. The molecule has 0 unspecified atom stereocenters. The molecule has 0 bridgehead atoms. The average molecular weight is 336 g/mol. The first-order valence-corrected chi connectivity index (χ1v) is 7.83. The van der Waals surface area contributed by atoms with Crippen molar-refractivity contribution < 1.29 is 14.5 Å². The molecule has 0 spiro atoms. The first kappa shape index (κ1) is 16.6. The topological polar surface area (TPSA) is 89.3 Å². The van der Waals surface area contributed by atoms with Gasteiger partial charge >= 0.3 is 0 Å². The summed E-state index contributed by atoms with van der Waals surface area (Å²) in [4.78, 5) is 35.1. The number of hydrogen-bond acceptors (Lipinski definition) is 4. The molecule has 3 rings (SSSR count). The summed E-state index contributed by atoms with van der Waals surface area (Å²) in [5.74, 6) is -0.948. The number of nitro groups is 1. The fourth-order valence-corrected chi connectivity index (χ4v) is 2.88. The average Bonchev–Trinajstić information content (AvgIpc) is 2.58. The number of benzene rings is 2. The quantitative estimate of drug-likeness (QED) is 0.402. The van der Waals surface area contributed by atoms with Gasteiger partial charge in [0.15, 0.2) is 0 Å². The molecule has 0 fully saturated rings. The highest BCUT2D eigenvalue weighted by atomic mass is 16.6. The van der Waals surface area contributed by atoms with Crippen molar-refractivity contribution in [2.45, 2.75) is 19.8 Å². The summed E-state index contributed by atoms with van der Waals surface area (Å²) in [6.07, 6.45) is 1.57. The van der Waals surface area contributed by atoms with Crippen LogP contribution in [-0.4, -0.2) is 16.7 Å². The van der Waals surface area contributed by atoms with Crippen LogP contribution in [0.4, 0.5) is 5.69 Å². The van der Waals surface area contributed by atoms with Crippen LogP contribution in [0.15, 0.2) is 42.5 Å². The predicted molar refractivity (Wildman–Crippen MR) is 94.0 cm³/mol. The number of nitrogens with one attached hydrogen (secondary N) is 1. The van der Waals surface area contributed by atoms with Crippen LogP contribution >= 0.6 is 0 Å². The largest absolute Gasteiger partial charge is 0.288 e. The van der Waals surface area contributed by atoms with E-state index in [4.69, 9.17) is 0 Å². The molecule has 0 saturated carbocycles. The molecule has 0 aliphatic carbocycles. The highest BCUT2D eigenvalue weighted by Crippen LogP contribution is 2.30. The third-order valence-electron chi connectivity index (χ3n) is 4.12. The maximum atomic E-state index is 12.2. The molecule has 0 aromatic heterocycles. The van der Waals surface area contributed by atoms with E-state index in [2.05, 4.69) is 5.32 Å². The van der Waals surface area contributed by atoms with E-state index >= 15 is 0 Å². The Balaban J connectivity index is 2.13. The first-order valence-electron chi connectivity index (χ1n) is 7.83. The number of rotatable bonds is 3. The lowest BCUT2D eigenvalue weighted by Gasteiger charge is -2.18. The van der Waals surface area contributed by atoms with Gasteiger partial charge in [-0.3, -0.25) is 25.0 Å². The summed E-state index contributed by atoms with van der Waals surface area (Å²) < 4.78 is 0. The van der Waals surface area contributed by atoms with Gasteiger partial charge in [-0.2, -0.15) is 0 Å². The molecule has 25 heavy (non-hydrogen) atoms. The minimum absolute atomic E-state index is 0.0124. The van der Waals surface area contributed by atoms with Gasteiger partial charge in [0.2, 0.25) is 0 Å². The molecule has 1 heterocycles. The van der Waals surface area contributed by atoms with Crippen molar-refractivity contribution in [3.05, 3.63) is 74.8 Å². The molecule has 6 nitrogen and oxygen atoms in total. The Morgan fingerprint density at radius 3 is 2.36 bits per heavy atom. The SMILES string of the molecule is CC(C)c1ccc(/C=C2/C(=O)NC(=O)c3ccccc32)cc1[N+](=O)[O-]. The van der Waals surface area contributed by atoms with Crippen molar-refractivity contribution in [2.75, 3.05) is 0 Å². The predicted octanol–water partition coefficient (Wildman–Crippen LogP) is 3.53. The van der Waals surface area contributed by atoms with E-state index in [1.165, 1.54) is 6.07 Å². The number of fused-ring (bicyclic) bond motifs is 1. The van der Waals surface area contributed by atoms with Gasteiger partial charge in [-0.1, -0.05) is 44.2 Å². The Morgan fingerprint density at radius 2 is 1.72 bits per heavy atom. The lowest BCUT2D eigenvalue weighted by atomic mass is 9.92. The van der Waals surface area contributed by atoms with Gasteiger partial charge in [0.25, 0.3) is 17.5 Å². The van der Waals surface area contributed by atoms with Crippen LogP contribution in [0.25, 0.3) is 11.6 Å². The Hall–Kier alpha value is -3.28. The lowest BCUT2D eigenvalue weighted by Crippen LogP contribution is -2.36. The molecular weight excluding hydrogens is 320 g/mol. The van der Waals surface area contributed by atoms with Crippen molar-refractivity contribution in [1.82, 2.24) is 5.32 Å². The number of hydrogen-bond donors (Lipinski definition) is 1. The second-order valence-electron chi connectivity index (χ2n) is 6.12. The van der Waals surface area contributed by atoms with Gasteiger partial charge in [-0.25, -0.2) is 0 Å². The second kappa shape index (κ2) is 6.32. The maximum absolute atomic E-state index is 12.2. The van der Waals surface area contributed by atoms with Crippen molar-refractivity contribution in [2.24, 2.45) is 0 Å². The van der Waals surface area contributed by atoms with Crippen molar-refractivity contribution >= 4 is 29.2 Å². The normalized spacial score (nSPS) is 15.2. The van der Waals surface area contributed by atoms with Gasteiger partial charge in [-0.15, -0.1) is 0 Å². The molecular formula is C19H16N2O4. The van der Waals surface area contributed by atoms with Crippen LogP contribution in [0, 0.1) is 10.1 Å². The molecule has 0 saturated heterocycles.